The molecule has 9 heterocycles. The van der Waals surface area contributed by atoms with Gasteiger partial charge in [0.15, 0.2) is 23.0 Å². The first-order valence-electron chi connectivity index (χ1n) is 42.0. The van der Waals surface area contributed by atoms with Gasteiger partial charge in [-0.1, -0.05) is 32.1 Å². The lowest BCUT2D eigenvalue weighted by atomic mass is 9.94. The molecule has 33 nitrogen and oxygen atoms in total. The first kappa shape index (κ1) is 92.7. The summed E-state index contributed by atoms with van der Waals surface area (Å²) in [6, 6.07) is 8.74. The third-order valence-corrected chi connectivity index (χ3v) is 25.0. The molecule has 2 aromatic carbocycles. The molecule has 117 heavy (non-hydrogen) atoms. The average molecular weight is 1670 g/mol. The molecule has 35 heteroatoms. The molecule has 0 unspecified atom stereocenters. The summed E-state index contributed by atoms with van der Waals surface area (Å²) in [5.41, 5.74) is 14.5. The van der Waals surface area contributed by atoms with Crippen LogP contribution in [0.3, 0.4) is 0 Å². The van der Waals surface area contributed by atoms with Gasteiger partial charge in [0, 0.05) is 184 Å². The van der Waals surface area contributed by atoms with Crippen LogP contribution < -0.4 is 95.1 Å². The standard InChI is InChI=1S/C43H67N9O8S.C39H60N8O6S.2H3N/c1-43(2,3)60-42(55)52-17-9-10-30(26-52)47-40-32-22-35(56-4)36(24-33(32)49-41(50-40)51-15-7-8-16-51)59-27-29(44)25-45-13-18-57-20-21-58-19-14-46-38(53)12-6-5-11-37-31-23-39(54)48-34(31)28-61-37;1-50-33-21-30-31(45-39(47-15-7-8-16-47)46-38(30)43-28-9-3-2-4-10-28)23-34(33)53-25-27(40)24-41-13-17-51-19-20-52-18-14-42-36(48)12-6-5-11-35-29-22-37(49)44-32(29)26-54-35;;/h22,24-25,30-31,34,37,45H,5-21,23,26-28,44H2,1-4H3,(H,46,53)(H,48,54)(H,47,49,50);21,23-24,28-29,32,35,41H,2-20,22,25-26,40H2,1H3,(H,42,48)(H,44,49)(H,43,45,46);2*1H3/b29-25-;27-24-;;/t30-,31+,34+,37+;29-,32-,35-;;/m10../s1. The van der Waals surface area contributed by atoms with Crippen molar-refractivity contribution in [3.8, 4) is 23.0 Å². The van der Waals surface area contributed by atoms with E-state index in [9.17, 15) is 24.0 Å². The molecule has 0 radical (unpaired) electrons. The summed E-state index contributed by atoms with van der Waals surface area (Å²) in [7, 11) is 3.23. The molecule has 652 valence electrons. The zero-order chi connectivity index (χ0) is 80.7. The van der Waals surface area contributed by atoms with Crippen molar-refractivity contribution in [2.24, 2.45) is 23.3 Å². The molecule has 8 fully saturated rings. The SMILES string of the molecule is COc1cc2c(NC3CCCCC3)nc(N3CCCC3)nc2cc1OC/C(N)=C/NCCOCCOCCNC(=O)CCCC[C@@H]1SC[C@@H]2NC(=O)C[C@@H]21.COc1cc2c(N[C@@H]3CCCN(C(=O)OC(C)(C)C)C3)nc(N3CCCC3)nc2cc1OC/C(N)=C/NCCOCCOCCNC(=O)CCCC[C@@H]1SC[C@@H]2NC(=O)C[C@@H]21.N.N. The highest BCUT2D eigenvalue weighted by molar-refractivity contribution is 8.00. The zero-order valence-electron chi connectivity index (χ0n) is 69.7. The molecular formula is C82H133N19O14S2. The van der Waals surface area contributed by atoms with Crippen molar-refractivity contribution >= 4 is 98.6 Å². The number of anilines is 4. The lowest BCUT2D eigenvalue weighted by Gasteiger charge is -2.34. The van der Waals surface area contributed by atoms with Gasteiger partial charge >= 0.3 is 6.09 Å². The van der Waals surface area contributed by atoms with Gasteiger partial charge in [0.05, 0.1) is 89.5 Å². The molecule has 18 N–H and O–H groups in total. The Kier molecular flexibility index (Phi) is 38.2. The molecule has 7 atom stereocenters. The van der Waals surface area contributed by atoms with Crippen molar-refractivity contribution in [1.29, 1.82) is 0 Å². The Labute approximate surface area is 698 Å². The lowest BCUT2D eigenvalue weighted by Crippen LogP contribution is -2.47. The fourth-order valence-electron chi connectivity index (χ4n) is 15.9. The first-order valence-corrected chi connectivity index (χ1v) is 44.1. The molecular weight excluding hydrogens is 1540 g/mol. The number of methoxy groups -OCH3 is 2. The summed E-state index contributed by atoms with van der Waals surface area (Å²) in [6.45, 7) is 16.5. The van der Waals surface area contributed by atoms with Crippen molar-refractivity contribution in [3.63, 3.8) is 0 Å². The van der Waals surface area contributed by atoms with E-state index in [1.807, 2.05) is 68.6 Å². The molecule has 7 aliphatic heterocycles. The highest BCUT2D eigenvalue weighted by Gasteiger charge is 2.44. The van der Waals surface area contributed by atoms with E-state index in [0.717, 1.165) is 156 Å². The van der Waals surface area contributed by atoms with Gasteiger partial charge in [-0.2, -0.15) is 33.5 Å². The van der Waals surface area contributed by atoms with Gasteiger partial charge in [0.1, 0.15) is 30.5 Å². The minimum Gasteiger partial charge on any atom is -0.493 e. The fourth-order valence-corrected chi connectivity index (χ4v) is 19.2. The maximum atomic E-state index is 12.9. The third-order valence-electron chi connectivity index (χ3n) is 21.9. The third kappa shape index (κ3) is 29.3. The molecule has 0 spiro atoms. The summed E-state index contributed by atoms with van der Waals surface area (Å²) in [4.78, 5) is 86.6. The minimum atomic E-state index is -0.562. The van der Waals surface area contributed by atoms with E-state index in [1.165, 1.54) is 19.3 Å². The fraction of sp³-hybridized carbons (Fsp3) is 0.695. The number of hydrogen-bond acceptors (Lipinski definition) is 30. The van der Waals surface area contributed by atoms with Gasteiger partial charge in [0.25, 0.3) is 0 Å². The van der Waals surface area contributed by atoms with E-state index in [1.54, 1.807) is 31.5 Å². The van der Waals surface area contributed by atoms with E-state index in [2.05, 4.69) is 52.3 Å². The van der Waals surface area contributed by atoms with Crippen LogP contribution in [0.5, 0.6) is 23.0 Å². The normalized spacial score (nSPS) is 21.3. The number of carbonyl (C=O) groups excluding carboxylic acids is 5. The van der Waals surface area contributed by atoms with Crippen molar-refractivity contribution in [2.45, 2.75) is 196 Å². The topological polar surface area (TPSA) is 448 Å². The number of piperidine rings is 1. The van der Waals surface area contributed by atoms with Crippen LogP contribution >= 0.6 is 23.5 Å². The summed E-state index contributed by atoms with van der Waals surface area (Å²) in [5, 5.41) is 28.5. The number of fused-ring (bicyclic) bond motifs is 4. The second-order valence-electron chi connectivity index (χ2n) is 32.0. The van der Waals surface area contributed by atoms with Crippen molar-refractivity contribution in [1.82, 2.24) is 69.0 Å². The number of carbonyl (C=O) groups is 5. The minimum absolute atomic E-state index is 0. The van der Waals surface area contributed by atoms with E-state index < -0.39 is 5.60 Å². The monoisotopic (exact) mass is 1670 g/mol. The van der Waals surface area contributed by atoms with Gasteiger partial charge in [-0.05, 0) is 110 Å². The number of hydrogen-bond donors (Lipinski definition) is 12. The van der Waals surface area contributed by atoms with Gasteiger partial charge in [-0.3, -0.25) is 19.2 Å². The van der Waals surface area contributed by atoms with Crippen LogP contribution in [0, 0.1) is 11.8 Å². The number of thioether (sulfide) groups is 2. The molecule has 12 rings (SSSR count). The number of benzene rings is 2. The largest absolute Gasteiger partial charge is 0.493 e. The lowest BCUT2D eigenvalue weighted by molar-refractivity contribution is -0.122. The molecule has 5 amide bonds. The smallest absolute Gasteiger partial charge is 0.410 e. The van der Waals surface area contributed by atoms with E-state index in [4.69, 9.17) is 74.0 Å². The van der Waals surface area contributed by atoms with E-state index in [0.29, 0.717) is 210 Å². The van der Waals surface area contributed by atoms with Crippen molar-refractivity contribution in [3.05, 3.63) is 48.1 Å². The number of ether oxygens (including phenoxy) is 9. The highest BCUT2D eigenvalue weighted by atomic mass is 32.2. The van der Waals surface area contributed by atoms with Crippen LogP contribution in [0.25, 0.3) is 21.8 Å². The quantitative estimate of drug-likeness (QED) is 0.0184. The second kappa shape index (κ2) is 48.2. The molecule has 4 aromatic rings. The predicted molar refractivity (Wildman–Crippen MR) is 460 cm³/mol. The Bertz CT molecular complexity index is 3850. The van der Waals surface area contributed by atoms with Gasteiger partial charge in [-0.25, -0.2) is 14.8 Å². The maximum Gasteiger partial charge on any atom is 0.410 e. The summed E-state index contributed by atoms with van der Waals surface area (Å²) in [5.74, 6) is 8.61. The van der Waals surface area contributed by atoms with Gasteiger partial charge in [0.2, 0.25) is 35.5 Å². The number of amides is 5. The Morgan fingerprint density at radius 1 is 0.538 bits per heavy atom. The second-order valence-corrected chi connectivity index (χ2v) is 34.5. The molecule has 8 aliphatic rings. The predicted octanol–water partition coefficient (Wildman–Crippen LogP) is 8.55. The summed E-state index contributed by atoms with van der Waals surface area (Å²) in [6.07, 6.45) is 23.6. The average Bonchev–Trinajstić information content (AvgIpc) is 1.39. The van der Waals surface area contributed by atoms with E-state index in [-0.39, 0.29) is 61.3 Å². The number of nitrogens with two attached hydrogens (primary N) is 2. The maximum absolute atomic E-state index is 12.9. The molecule has 7 saturated heterocycles. The molecule has 1 saturated carbocycles. The zero-order valence-corrected chi connectivity index (χ0v) is 71.4. The highest BCUT2D eigenvalue weighted by Crippen LogP contribution is 2.43. The number of aromatic nitrogens is 4. The number of nitrogens with zero attached hydrogens (tertiary/aromatic N) is 7. The van der Waals surface area contributed by atoms with Gasteiger partial charge in [-0.15, -0.1) is 0 Å². The number of rotatable bonds is 44. The van der Waals surface area contributed by atoms with Gasteiger partial charge < -0.3 is 124 Å². The molecule has 0 bridgehead atoms. The van der Waals surface area contributed by atoms with E-state index >= 15 is 0 Å². The Morgan fingerprint density at radius 3 is 1.42 bits per heavy atom. The number of unbranched alkanes of at least 4 members (excludes halogenated alkanes) is 2. The van der Waals surface area contributed by atoms with Crippen molar-refractivity contribution in [2.75, 3.05) is 178 Å². The first-order chi connectivity index (χ1) is 55.9. The molecule has 2 aromatic heterocycles. The van der Waals surface area contributed by atoms with Crippen LogP contribution in [0.4, 0.5) is 28.3 Å². The Balaban J connectivity index is 0.000000264. The summed E-state index contributed by atoms with van der Waals surface area (Å²) < 4.78 is 51.9. The van der Waals surface area contributed by atoms with Crippen LogP contribution in [-0.4, -0.2) is 252 Å². The number of likely N-dealkylation sites (tertiary alicyclic amines) is 1. The summed E-state index contributed by atoms with van der Waals surface area (Å²) >= 11 is 3.93. The van der Waals surface area contributed by atoms with Crippen LogP contribution in [-0.2, 0) is 42.9 Å². The van der Waals surface area contributed by atoms with Crippen LogP contribution in [0.2, 0.25) is 0 Å². The Hall–Kier alpha value is -8.19. The van der Waals surface area contributed by atoms with Crippen molar-refractivity contribution < 1.29 is 66.6 Å². The molecule has 1 aliphatic carbocycles. The number of nitrogens with one attached hydrogen (secondary N) is 8. The Morgan fingerprint density at radius 2 is 0.974 bits per heavy atom. The van der Waals surface area contributed by atoms with Crippen LogP contribution in [0.1, 0.15) is 156 Å². The van der Waals surface area contributed by atoms with Crippen LogP contribution in [0.15, 0.2) is 48.1 Å².